The maximum absolute atomic E-state index is 9.54. The molecule has 25 heavy (non-hydrogen) atoms. The van der Waals surface area contributed by atoms with Crippen molar-refractivity contribution >= 4 is 17.6 Å². The lowest BCUT2D eigenvalue weighted by atomic mass is 10.2. The summed E-state index contributed by atoms with van der Waals surface area (Å²) in [6.07, 6.45) is 4.49. The maximum atomic E-state index is 9.54. The Hall–Kier alpha value is -1.63. The van der Waals surface area contributed by atoms with Gasteiger partial charge in [-0.25, -0.2) is 0 Å². The normalized spacial score (nSPS) is 24.3. The molecule has 0 spiro atoms. The van der Waals surface area contributed by atoms with Crippen LogP contribution in [0.5, 0.6) is 0 Å². The summed E-state index contributed by atoms with van der Waals surface area (Å²) in [6.45, 7) is 3.18. The minimum atomic E-state index is 0.242. The zero-order chi connectivity index (χ0) is 17.2. The van der Waals surface area contributed by atoms with Gasteiger partial charge in [0.1, 0.15) is 0 Å². The molecular weight excluding hydrogens is 340 g/mol. The molecule has 4 rings (SSSR count). The molecule has 3 heterocycles. The fourth-order valence-corrected chi connectivity index (χ4v) is 4.16. The van der Waals surface area contributed by atoms with Crippen molar-refractivity contribution in [2.24, 2.45) is 0 Å². The highest BCUT2D eigenvalue weighted by Gasteiger charge is 2.33. The molecule has 2 unspecified atom stereocenters. The van der Waals surface area contributed by atoms with E-state index in [1.54, 1.807) is 0 Å². The van der Waals surface area contributed by atoms with Crippen LogP contribution < -0.4 is 4.90 Å². The van der Waals surface area contributed by atoms with E-state index in [9.17, 15) is 5.11 Å². The lowest BCUT2D eigenvalue weighted by molar-refractivity contribution is 0.152. The number of aliphatic hydroxyl groups is 1. The lowest BCUT2D eigenvalue weighted by Crippen LogP contribution is -2.43. The molecule has 0 radical (unpaired) electrons. The number of aliphatic hydroxyl groups excluding tert-OH is 1. The average molecular weight is 363 g/mol. The van der Waals surface area contributed by atoms with E-state index in [0.29, 0.717) is 28.9 Å². The molecule has 2 saturated heterocycles. The number of anilines is 1. The summed E-state index contributed by atoms with van der Waals surface area (Å²) < 4.78 is 5.54. The maximum Gasteiger partial charge on any atom is 0.324 e. The van der Waals surface area contributed by atoms with Gasteiger partial charge in [0.2, 0.25) is 5.82 Å². The van der Waals surface area contributed by atoms with Crippen molar-refractivity contribution in [3.05, 3.63) is 29.3 Å². The zero-order valence-electron chi connectivity index (χ0n) is 14.1. The topological polar surface area (TPSA) is 65.6 Å². The highest BCUT2D eigenvalue weighted by Crippen LogP contribution is 2.29. The second-order valence-electron chi connectivity index (χ2n) is 6.87. The largest absolute Gasteiger partial charge is 0.395 e. The first-order valence-corrected chi connectivity index (χ1v) is 9.33. The summed E-state index contributed by atoms with van der Waals surface area (Å²) >= 11 is 6.05. The van der Waals surface area contributed by atoms with E-state index in [1.807, 2.05) is 24.3 Å². The van der Waals surface area contributed by atoms with Crippen molar-refractivity contribution < 1.29 is 9.63 Å². The Labute approximate surface area is 152 Å². The second-order valence-corrected chi connectivity index (χ2v) is 7.31. The van der Waals surface area contributed by atoms with E-state index in [1.165, 1.54) is 0 Å². The summed E-state index contributed by atoms with van der Waals surface area (Å²) in [4.78, 5) is 9.21. The van der Waals surface area contributed by atoms with E-state index in [0.717, 1.165) is 50.9 Å². The number of likely N-dealkylation sites (tertiary alicyclic amines) is 1. The highest BCUT2D eigenvalue weighted by atomic mass is 35.5. The molecule has 1 aromatic heterocycles. The van der Waals surface area contributed by atoms with E-state index in [4.69, 9.17) is 16.1 Å². The summed E-state index contributed by atoms with van der Waals surface area (Å²) in [5, 5.41) is 14.3. The van der Waals surface area contributed by atoms with Crippen LogP contribution in [0.15, 0.2) is 28.8 Å². The minimum Gasteiger partial charge on any atom is -0.395 e. The molecule has 2 atom stereocenters. The Morgan fingerprint density at radius 2 is 2.04 bits per heavy atom. The molecular formula is C18H23ClN4O2. The Morgan fingerprint density at radius 3 is 2.88 bits per heavy atom. The van der Waals surface area contributed by atoms with Crippen LogP contribution in [-0.4, -0.2) is 58.5 Å². The van der Waals surface area contributed by atoms with Gasteiger partial charge >= 0.3 is 6.01 Å². The fourth-order valence-electron chi connectivity index (χ4n) is 3.97. The summed E-state index contributed by atoms with van der Waals surface area (Å²) in [7, 11) is 0. The number of nitrogens with zero attached hydrogens (tertiary/aromatic N) is 4. The van der Waals surface area contributed by atoms with Gasteiger partial charge in [0.05, 0.1) is 6.61 Å². The van der Waals surface area contributed by atoms with Crippen molar-refractivity contribution in [1.82, 2.24) is 15.0 Å². The Balaban J connectivity index is 1.49. The van der Waals surface area contributed by atoms with Crippen LogP contribution in [0, 0.1) is 0 Å². The standard InChI is InChI=1S/C18H23ClN4O2/c19-14-5-1-4-13(10-14)17-20-18(25-21-17)23-9-3-6-15(23)11-22-8-2-7-16(22)12-24/h1,4-5,10,15-16,24H,2-3,6-9,11-12H2. The van der Waals surface area contributed by atoms with Crippen LogP contribution in [0.3, 0.4) is 0 Å². The van der Waals surface area contributed by atoms with Crippen molar-refractivity contribution in [3.8, 4) is 11.4 Å². The number of aromatic nitrogens is 2. The molecule has 0 amide bonds. The molecule has 2 fully saturated rings. The van der Waals surface area contributed by atoms with Gasteiger partial charge in [-0.2, -0.15) is 4.98 Å². The zero-order valence-corrected chi connectivity index (χ0v) is 14.9. The van der Waals surface area contributed by atoms with Crippen molar-refractivity contribution in [1.29, 1.82) is 0 Å². The van der Waals surface area contributed by atoms with Crippen molar-refractivity contribution in [2.75, 3.05) is 31.1 Å². The van der Waals surface area contributed by atoms with Gasteiger partial charge in [-0.3, -0.25) is 4.90 Å². The Kier molecular flexibility index (Phi) is 4.92. The number of rotatable bonds is 5. The first-order valence-electron chi connectivity index (χ1n) is 8.96. The molecule has 2 aliphatic rings. The molecule has 0 saturated carbocycles. The number of hydrogen-bond acceptors (Lipinski definition) is 6. The Morgan fingerprint density at radius 1 is 1.20 bits per heavy atom. The van der Waals surface area contributed by atoms with Crippen LogP contribution in [-0.2, 0) is 0 Å². The van der Waals surface area contributed by atoms with E-state index in [-0.39, 0.29) is 6.61 Å². The highest BCUT2D eigenvalue weighted by molar-refractivity contribution is 6.30. The molecule has 0 aliphatic carbocycles. The van der Waals surface area contributed by atoms with Gasteiger partial charge < -0.3 is 14.5 Å². The monoisotopic (exact) mass is 362 g/mol. The molecule has 2 aliphatic heterocycles. The third-order valence-corrected chi connectivity index (χ3v) is 5.51. The third kappa shape index (κ3) is 3.52. The van der Waals surface area contributed by atoms with Gasteiger partial charge in [0.15, 0.2) is 0 Å². The van der Waals surface area contributed by atoms with Crippen molar-refractivity contribution in [2.45, 2.75) is 37.8 Å². The van der Waals surface area contributed by atoms with Crippen molar-refractivity contribution in [3.63, 3.8) is 0 Å². The predicted octanol–water partition coefficient (Wildman–Crippen LogP) is 2.82. The van der Waals surface area contributed by atoms with E-state index in [2.05, 4.69) is 19.9 Å². The summed E-state index contributed by atoms with van der Waals surface area (Å²) in [5.41, 5.74) is 0.859. The molecule has 1 aromatic carbocycles. The molecule has 2 aromatic rings. The summed E-state index contributed by atoms with van der Waals surface area (Å²) in [6, 6.07) is 8.72. The second kappa shape index (κ2) is 7.32. The number of halogens is 1. The lowest BCUT2D eigenvalue weighted by Gasteiger charge is -2.30. The Bertz CT molecular complexity index is 723. The van der Waals surface area contributed by atoms with Gasteiger partial charge in [0, 0.05) is 35.8 Å². The minimum absolute atomic E-state index is 0.242. The van der Waals surface area contributed by atoms with E-state index >= 15 is 0 Å². The molecule has 1 N–H and O–H groups in total. The van der Waals surface area contributed by atoms with Gasteiger partial charge in [0.25, 0.3) is 0 Å². The number of hydrogen-bond donors (Lipinski definition) is 1. The SMILES string of the molecule is OCC1CCCN1CC1CCCN1c1nc(-c2cccc(Cl)c2)no1. The number of benzene rings is 1. The fraction of sp³-hybridized carbons (Fsp3) is 0.556. The van der Waals surface area contributed by atoms with Gasteiger partial charge in [-0.1, -0.05) is 28.9 Å². The van der Waals surface area contributed by atoms with Crippen LogP contribution in [0.25, 0.3) is 11.4 Å². The van der Waals surface area contributed by atoms with Crippen LogP contribution >= 0.6 is 11.6 Å². The van der Waals surface area contributed by atoms with Crippen LogP contribution in [0.1, 0.15) is 25.7 Å². The van der Waals surface area contributed by atoms with Crippen LogP contribution in [0.2, 0.25) is 5.02 Å². The third-order valence-electron chi connectivity index (χ3n) is 5.28. The smallest absolute Gasteiger partial charge is 0.324 e. The first kappa shape index (κ1) is 16.8. The summed E-state index contributed by atoms with van der Waals surface area (Å²) in [5.74, 6) is 0.567. The average Bonchev–Trinajstić information content (AvgIpc) is 3.35. The first-order chi connectivity index (χ1) is 12.2. The molecule has 134 valence electrons. The van der Waals surface area contributed by atoms with E-state index < -0.39 is 0 Å². The quantitative estimate of drug-likeness (QED) is 0.882. The molecule has 0 bridgehead atoms. The molecule has 7 heteroatoms. The molecule has 6 nitrogen and oxygen atoms in total. The van der Waals surface area contributed by atoms with Gasteiger partial charge in [-0.05, 0) is 44.4 Å². The van der Waals surface area contributed by atoms with Crippen LogP contribution in [0.4, 0.5) is 6.01 Å². The predicted molar refractivity (Wildman–Crippen MR) is 96.8 cm³/mol. The van der Waals surface area contributed by atoms with Gasteiger partial charge in [-0.15, -0.1) is 0 Å².